The second kappa shape index (κ2) is 10.2. The van der Waals surface area contributed by atoms with Crippen molar-refractivity contribution in [2.24, 2.45) is 0 Å². The average molecular weight is 550 g/mol. The molecule has 38 heavy (non-hydrogen) atoms. The van der Waals surface area contributed by atoms with Crippen LogP contribution in [0.25, 0.3) is 0 Å². The largest absolute Gasteiger partial charge is 0.309 e. The van der Waals surface area contributed by atoms with Crippen LogP contribution >= 0.6 is 14.3 Å². The van der Waals surface area contributed by atoms with Crippen molar-refractivity contribution in [2.45, 2.75) is 0 Å². The lowest BCUT2D eigenvalue weighted by Crippen LogP contribution is -2.30. The fourth-order valence-electron chi connectivity index (χ4n) is 4.38. The fraction of sp³-hybridized carbons (Fsp3) is 0. The van der Waals surface area contributed by atoms with E-state index < -0.39 is 37.6 Å². The highest BCUT2D eigenvalue weighted by Crippen LogP contribution is 2.46. The summed E-state index contributed by atoms with van der Waals surface area (Å²) >= 11 is 0. The van der Waals surface area contributed by atoms with E-state index >= 15 is 0 Å². The van der Waals surface area contributed by atoms with Gasteiger partial charge in [0.25, 0.3) is 0 Å². The Morgan fingerprint density at radius 3 is 0.816 bits per heavy atom. The minimum atomic E-state index is -3.69. The molecule has 0 aromatic heterocycles. The molecular formula is C30H20F4O2P2. The highest BCUT2D eigenvalue weighted by molar-refractivity contribution is 7.86. The van der Waals surface area contributed by atoms with Crippen molar-refractivity contribution in [3.8, 4) is 0 Å². The predicted octanol–water partition coefficient (Wildman–Crippen LogP) is 5.52. The van der Waals surface area contributed by atoms with Gasteiger partial charge in [0.05, 0.1) is 0 Å². The number of hydrogen-bond donors (Lipinski definition) is 0. The van der Waals surface area contributed by atoms with Gasteiger partial charge in [0.2, 0.25) is 0 Å². The van der Waals surface area contributed by atoms with Crippen molar-refractivity contribution in [3.05, 3.63) is 145 Å². The maximum atomic E-state index is 14.8. The van der Waals surface area contributed by atoms with Crippen LogP contribution in [0.1, 0.15) is 0 Å². The molecule has 0 fully saturated rings. The van der Waals surface area contributed by atoms with Crippen LogP contribution in [0, 0.1) is 23.3 Å². The quantitative estimate of drug-likeness (QED) is 0.206. The van der Waals surface area contributed by atoms with Crippen LogP contribution in [0.3, 0.4) is 0 Å². The molecule has 0 atom stereocenters. The van der Waals surface area contributed by atoms with E-state index in [1.54, 1.807) is 24.3 Å². The van der Waals surface area contributed by atoms with Crippen LogP contribution in [0.15, 0.2) is 121 Å². The number of benzene rings is 5. The number of rotatable bonds is 6. The van der Waals surface area contributed by atoms with Gasteiger partial charge in [-0.15, -0.1) is 0 Å². The van der Waals surface area contributed by atoms with E-state index in [1.165, 1.54) is 97.1 Å². The van der Waals surface area contributed by atoms with Crippen LogP contribution < -0.4 is 31.8 Å². The zero-order valence-electron chi connectivity index (χ0n) is 19.8. The molecule has 0 heterocycles. The summed E-state index contributed by atoms with van der Waals surface area (Å²) in [6, 6.07) is 27.2. The summed E-state index contributed by atoms with van der Waals surface area (Å²) in [5.74, 6) is -2.04. The van der Waals surface area contributed by atoms with Crippen molar-refractivity contribution in [1.29, 1.82) is 0 Å². The molecule has 0 aliphatic heterocycles. The molecule has 0 saturated carbocycles. The third-order valence-corrected chi connectivity index (χ3v) is 12.4. The van der Waals surface area contributed by atoms with Crippen LogP contribution in [-0.2, 0) is 9.13 Å². The molecule has 5 aromatic carbocycles. The molecule has 0 N–H and O–H groups in total. The van der Waals surface area contributed by atoms with Gasteiger partial charge >= 0.3 is 0 Å². The van der Waals surface area contributed by atoms with Gasteiger partial charge in [0.1, 0.15) is 23.3 Å². The van der Waals surface area contributed by atoms with Crippen LogP contribution in [0.5, 0.6) is 0 Å². The molecule has 0 amide bonds. The third kappa shape index (κ3) is 4.67. The highest BCUT2D eigenvalue weighted by Gasteiger charge is 2.34. The predicted molar refractivity (Wildman–Crippen MR) is 145 cm³/mol. The first-order valence-electron chi connectivity index (χ1n) is 11.6. The standard InChI is InChI=1S/C30H20F4O2P2/c31-21-4-12-25(13-5-21)37(35,26-14-6-22(32)7-15-26)29-2-1-3-30(20-29)38(36,27-16-8-23(33)9-17-27)28-18-10-24(34)11-19-28/h1-20H. The molecule has 0 radical (unpaired) electrons. The van der Waals surface area contributed by atoms with Crippen molar-refractivity contribution in [3.63, 3.8) is 0 Å². The molecule has 190 valence electrons. The zero-order valence-corrected chi connectivity index (χ0v) is 21.6. The summed E-state index contributed by atoms with van der Waals surface area (Å²) in [5.41, 5.74) is 0. The first-order chi connectivity index (χ1) is 18.2. The van der Waals surface area contributed by atoms with Crippen molar-refractivity contribution in [2.75, 3.05) is 0 Å². The van der Waals surface area contributed by atoms with E-state index in [0.29, 0.717) is 21.2 Å². The van der Waals surface area contributed by atoms with Gasteiger partial charge in [-0.2, -0.15) is 0 Å². The zero-order chi connectivity index (χ0) is 26.9. The minimum Gasteiger partial charge on any atom is -0.309 e. The molecule has 0 bridgehead atoms. The minimum absolute atomic E-state index is 0.290. The van der Waals surface area contributed by atoms with Gasteiger partial charge in [0.15, 0.2) is 14.3 Å². The van der Waals surface area contributed by atoms with Crippen molar-refractivity contribution >= 4 is 46.1 Å². The average Bonchev–Trinajstić information content (AvgIpc) is 2.94. The van der Waals surface area contributed by atoms with E-state index in [-0.39, 0.29) is 10.6 Å². The van der Waals surface area contributed by atoms with E-state index in [0.717, 1.165) is 0 Å². The smallest absolute Gasteiger partial charge is 0.171 e. The molecule has 0 aliphatic carbocycles. The van der Waals surface area contributed by atoms with Gasteiger partial charge < -0.3 is 9.13 Å². The molecule has 0 saturated heterocycles. The molecular weight excluding hydrogens is 530 g/mol. The van der Waals surface area contributed by atoms with Gasteiger partial charge in [0, 0.05) is 31.8 Å². The lowest BCUT2D eigenvalue weighted by atomic mass is 10.3. The molecule has 2 nitrogen and oxygen atoms in total. The highest BCUT2D eigenvalue weighted by atomic mass is 31.2. The molecule has 0 spiro atoms. The first-order valence-corrected chi connectivity index (χ1v) is 15.0. The summed E-state index contributed by atoms with van der Waals surface area (Å²) in [6.45, 7) is 0. The second-order valence-electron chi connectivity index (χ2n) is 8.64. The Balaban J connectivity index is 1.76. The van der Waals surface area contributed by atoms with E-state index in [1.807, 2.05) is 0 Å². The topological polar surface area (TPSA) is 34.1 Å². The molecule has 5 aromatic rings. The van der Waals surface area contributed by atoms with Crippen LogP contribution in [0.4, 0.5) is 17.6 Å². The molecule has 5 rings (SSSR count). The molecule has 0 aliphatic rings. The van der Waals surface area contributed by atoms with E-state index in [2.05, 4.69) is 0 Å². The summed E-state index contributed by atoms with van der Waals surface area (Å²) in [4.78, 5) is 0. The Morgan fingerprint density at radius 2 is 0.579 bits per heavy atom. The Labute approximate surface area is 217 Å². The Morgan fingerprint density at radius 1 is 0.342 bits per heavy atom. The number of halogens is 4. The Hall–Kier alpha value is -3.72. The van der Waals surface area contributed by atoms with E-state index in [9.17, 15) is 26.7 Å². The maximum Gasteiger partial charge on any atom is 0.171 e. The number of hydrogen-bond acceptors (Lipinski definition) is 2. The normalized spacial score (nSPS) is 11.9. The first kappa shape index (κ1) is 25.9. The summed E-state index contributed by atoms with van der Waals surface area (Å²) < 4.78 is 84.7. The van der Waals surface area contributed by atoms with Crippen LogP contribution in [0.2, 0.25) is 0 Å². The monoisotopic (exact) mass is 550 g/mol. The lowest BCUT2D eigenvalue weighted by Gasteiger charge is -2.24. The van der Waals surface area contributed by atoms with Gasteiger partial charge in [-0.05, 0) is 103 Å². The Bertz CT molecular complexity index is 1460. The fourth-order valence-corrected chi connectivity index (χ4v) is 9.78. The van der Waals surface area contributed by atoms with Crippen molar-refractivity contribution < 1.29 is 26.7 Å². The lowest BCUT2D eigenvalue weighted by molar-refractivity contribution is 0.591. The SMILES string of the molecule is O=P(c1ccc(F)cc1)(c1ccc(F)cc1)c1cccc(P(=O)(c2ccc(F)cc2)c2ccc(F)cc2)c1. The van der Waals surface area contributed by atoms with Crippen LogP contribution in [-0.4, -0.2) is 0 Å². The molecule has 8 heteroatoms. The van der Waals surface area contributed by atoms with Crippen molar-refractivity contribution in [1.82, 2.24) is 0 Å². The summed E-state index contributed by atoms with van der Waals surface area (Å²) in [7, 11) is -7.37. The van der Waals surface area contributed by atoms with Gasteiger partial charge in [-0.25, -0.2) is 17.6 Å². The third-order valence-electron chi connectivity index (χ3n) is 6.32. The summed E-state index contributed by atoms with van der Waals surface area (Å²) in [5, 5.41) is 1.81. The van der Waals surface area contributed by atoms with Gasteiger partial charge in [-0.1, -0.05) is 18.2 Å². The second-order valence-corrected chi connectivity index (χ2v) is 14.2. The summed E-state index contributed by atoms with van der Waals surface area (Å²) in [6.07, 6.45) is 0. The van der Waals surface area contributed by atoms with E-state index in [4.69, 9.17) is 0 Å². The molecule has 0 unspecified atom stereocenters. The Kier molecular flexibility index (Phi) is 6.96. The maximum absolute atomic E-state index is 14.8. The van der Waals surface area contributed by atoms with Gasteiger partial charge in [-0.3, -0.25) is 0 Å².